The lowest BCUT2D eigenvalue weighted by Crippen LogP contribution is -2.38. The van der Waals surface area contributed by atoms with Gasteiger partial charge < -0.3 is 9.84 Å². The standard InChI is InChI=1S/C16H28O3/c1-3-4-13-7-9-16(10-8-13,15(17)18)11-14-6-5-12(2)19-14/h12-14H,3-11H2,1-2H3,(H,17,18). The predicted molar refractivity (Wildman–Crippen MR) is 75.1 cm³/mol. The number of aliphatic carboxylic acids is 1. The second-order valence-corrected chi connectivity index (χ2v) is 6.67. The summed E-state index contributed by atoms with van der Waals surface area (Å²) < 4.78 is 5.85. The van der Waals surface area contributed by atoms with Crippen LogP contribution in [0.15, 0.2) is 0 Å². The lowest BCUT2D eigenvalue weighted by atomic mass is 9.67. The average molecular weight is 268 g/mol. The molecule has 110 valence electrons. The van der Waals surface area contributed by atoms with E-state index < -0.39 is 11.4 Å². The minimum absolute atomic E-state index is 0.175. The normalized spacial score (nSPS) is 39.4. The topological polar surface area (TPSA) is 46.5 Å². The van der Waals surface area contributed by atoms with E-state index in [2.05, 4.69) is 13.8 Å². The summed E-state index contributed by atoms with van der Waals surface area (Å²) in [5.74, 6) is 0.159. The SMILES string of the molecule is CCCC1CCC(CC2CCC(C)O2)(C(=O)O)CC1. The average Bonchev–Trinajstić information content (AvgIpc) is 2.77. The molecule has 0 aromatic carbocycles. The fourth-order valence-electron chi connectivity index (χ4n) is 3.90. The van der Waals surface area contributed by atoms with Crippen LogP contribution in [-0.2, 0) is 9.53 Å². The quantitative estimate of drug-likeness (QED) is 0.819. The van der Waals surface area contributed by atoms with Crippen molar-refractivity contribution in [2.45, 2.75) is 83.8 Å². The second-order valence-electron chi connectivity index (χ2n) is 6.67. The van der Waals surface area contributed by atoms with Crippen molar-refractivity contribution in [3.05, 3.63) is 0 Å². The van der Waals surface area contributed by atoms with Gasteiger partial charge >= 0.3 is 5.97 Å². The monoisotopic (exact) mass is 268 g/mol. The Bertz CT molecular complexity index is 305. The fourth-order valence-corrected chi connectivity index (χ4v) is 3.90. The molecule has 1 aliphatic heterocycles. The van der Waals surface area contributed by atoms with Gasteiger partial charge in [-0.25, -0.2) is 0 Å². The van der Waals surface area contributed by atoms with Gasteiger partial charge in [-0.2, -0.15) is 0 Å². The van der Waals surface area contributed by atoms with Crippen LogP contribution >= 0.6 is 0 Å². The molecule has 0 amide bonds. The molecular weight excluding hydrogens is 240 g/mol. The van der Waals surface area contributed by atoms with E-state index in [0.717, 1.165) is 50.9 Å². The highest BCUT2D eigenvalue weighted by Crippen LogP contribution is 2.45. The third kappa shape index (κ3) is 3.50. The lowest BCUT2D eigenvalue weighted by Gasteiger charge is -2.38. The molecule has 2 atom stereocenters. The summed E-state index contributed by atoms with van der Waals surface area (Å²) in [5.41, 5.74) is -0.501. The van der Waals surface area contributed by atoms with Crippen molar-refractivity contribution in [3.63, 3.8) is 0 Å². The van der Waals surface area contributed by atoms with Crippen molar-refractivity contribution in [1.29, 1.82) is 0 Å². The Labute approximate surface area is 116 Å². The number of ether oxygens (including phenoxy) is 1. The van der Waals surface area contributed by atoms with Crippen LogP contribution in [0.2, 0.25) is 0 Å². The van der Waals surface area contributed by atoms with E-state index in [-0.39, 0.29) is 6.10 Å². The van der Waals surface area contributed by atoms with E-state index in [4.69, 9.17) is 4.74 Å². The number of carbonyl (C=O) groups is 1. The third-order valence-corrected chi connectivity index (χ3v) is 5.15. The second kappa shape index (κ2) is 6.25. The molecule has 0 aromatic rings. The summed E-state index contributed by atoms with van der Waals surface area (Å²) in [6.45, 7) is 4.30. The zero-order valence-electron chi connectivity index (χ0n) is 12.4. The minimum Gasteiger partial charge on any atom is -0.481 e. The molecule has 2 unspecified atom stereocenters. The van der Waals surface area contributed by atoms with Crippen molar-refractivity contribution in [1.82, 2.24) is 0 Å². The van der Waals surface area contributed by atoms with Crippen molar-refractivity contribution >= 4 is 5.97 Å². The van der Waals surface area contributed by atoms with E-state index in [1.807, 2.05) is 0 Å². The van der Waals surface area contributed by atoms with Crippen LogP contribution < -0.4 is 0 Å². The Hall–Kier alpha value is -0.570. The summed E-state index contributed by atoms with van der Waals surface area (Å²) in [5, 5.41) is 9.68. The van der Waals surface area contributed by atoms with Gasteiger partial charge in [-0.15, -0.1) is 0 Å². The number of rotatable bonds is 5. The summed E-state index contributed by atoms with van der Waals surface area (Å²) in [6.07, 6.45) is 9.67. The molecule has 0 bridgehead atoms. The van der Waals surface area contributed by atoms with Crippen LogP contribution in [0.4, 0.5) is 0 Å². The van der Waals surface area contributed by atoms with Gasteiger partial charge in [0.1, 0.15) is 0 Å². The van der Waals surface area contributed by atoms with Gasteiger partial charge in [-0.1, -0.05) is 19.8 Å². The van der Waals surface area contributed by atoms with Gasteiger partial charge in [0.2, 0.25) is 0 Å². The van der Waals surface area contributed by atoms with Crippen molar-refractivity contribution in [3.8, 4) is 0 Å². The maximum Gasteiger partial charge on any atom is 0.309 e. The van der Waals surface area contributed by atoms with Gasteiger partial charge in [-0.05, 0) is 57.8 Å². The highest BCUT2D eigenvalue weighted by molar-refractivity contribution is 5.74. The van der Waals surface area contributed by atoms with E-state index in [9.17, 15) is 9.90 Å². The number of hydrogen-bond donors (Lipinski definition) is 1. The summed E-state index contributed by atoms with van der Waals surface area (Å²) in [4.78, 5) is 11.8. The molecule has 0 radical (unpaired) electrons. The first kappa shape index (κ1) is 14.8. The Balaban J connectivity index is 1.94. The van der Waals surface area contributed by atoms with E-state index in [1.165, 1.54) is 12.8 Å². The van der Waals surface area contributed by atoms with Crippen LogP contribution in [0.5, 0.6) is 0 Å². The minimum atomic E-state index is -0.592. The predicted octanol–water partition coefficient (Wildman–Crippen LogP) is 4.01. The molecule has 19 heavy (non-hydrogen) atoms. The van der Waals surface area contributed by atoms with Gasteiger partial charge in [0.25, 0.3) is 0 Å². The highest BCUT2D eigenvalue weighted by Gasteiger charge is 2.44. The zero-order chi connectivity index (χ0) is 13.9. The van der Waals surface area contributed by atoms with Crippen molar-refractivity contribution < 1.29 is 14.6 Å². The van der Waals surface area contributed by atoms with Crippen LogP contribution in [0.1, 0.15) is 71.6 Å². The molecule has 2 rings (SSSR count). The Kier molecular flexibility index (Phi) is 4.88. The molecule has 2 fully saturated rings. The Morgan fingerprint density at radius 2 is 1.95 bits per heavy atom. The van der Waals surface area contributed by atoms with Crippen LogP contribution in [0.3, 0.4) is 0 Å². The highest BCUT2D eigenvalue weighted by atomic mass is 16.5. The molecule has 2 aliphatic rings. The number of carboxylic acids is 1. The van der Waals surface area contributed by atoms with Gasteiger partial charge in [0.15, 0.2) is 0 Å². The lowest BCUT2D eigenvalue weighted by molar-refractivity contribution is -0.154. The molecule has 0 spiro atoms. The largest absolute Gasteiger partial charge is 0.481 e. The fraction of sp³-hybridized carbons (Fsp3) is 0.938. The summed E-state index contributed by atoms with van der Waals surface area (Å²) in [6, 6.07) is 0. The third-order valence-electron chi connectivity index (χ3n) is 5.15. The van der Waals surface area contributed by atoms with Gasteiger partial charge in [0, 0.05) is 0 Å². The maximum absolute atomic E-state index is 11.8. The molecule has 1 N–H and O–H groups in total. The van der Waals surface area contributed by atoms with Gasteiger partial charge in [-0.3, -0.25) is 4.79 Å². The zero-order valence-corrected chi connectivity index (χ0v) is 12.4. The maximum atomic E-state index is 11.8. The van der Waals surface area contributed by atoms with Crippen LogP contribution in [0.25, 0.3) is 0 Å². The van der Waals surface area contributed by atoms with E-state index >= 15 is 0 Å². The van der Waals surface area contributed by atoms with Crippen LogP contribution in [0, 0.1) is 11.3 Å². The summed E-state index contributed by atoms with van der Waals surface area (Å²) in [7, 11) is 0. The van der Waals surface area contributed by atoms with Crippen molar-refractivity contribution in [2.24, 2.45) is 11.3 Å². The first-order valence-electron chi connectivity index (χ1n) is 7.94. The Morgan fingerprint density at radius 3 is 2.42 bits per heavy atom. The number of hydrogen-bond acceptors (Lipinski definition) is 2. The molecular formula is C16H28O3. The smallest absolute Gasteiger partial charge is 0.309 e. The van der Waals surface area contributed by atoms with Crippen LogP contribution in [-0.4, -0.2) is 23.3 Å². The molecule has 1 saturated heterocycles. The first-order valence-corrected chi connectivity index (χ1v) is 7.94. The van der Waals surface area contributed by atoms with Crippen molar-refractivity contribution in [2.75, 3.05) is 0 Å². The summed E-state index contributed by atoms with van der Waals surface area (Å²) >= 11 is 0. The van der Waals surface area contributed by atoms with E-state index in [0.29, 0.717) is 6.10 Å². The first-order chi connectivity index (χ1) is 9.05. The Morgan fingerprint density at radius 1 is 1.26 bits per heavy atom. The van der Waals surface area contributed by atoms with Gasteiger partial charge in [0.05, 0.1) is 17.6 Å². The molecule has 1 heterocycles. The molecule has 1 saturated carbocycles. The molecule has 3 nitrogen and oxygen atoms in total. The molecule has 1 aliphatic carbocycles. The molecule has 3 heteroatoms. The number of carboxylic acid groups (broad SMARTS) is 1. The van der Waals surface area contributed by atoms with E-state index in [1.54, 1.807) is 0 Å². The molecule has 0 aromatic heterocycles.